The molecule has 0 amide bonds. The van der Waals surface area contributed by atoms with Crippen LogP contribution in [0.15, 0.2) is 0 Å². The minimum atomic E-state index is 0.929. The lowest BCUT2D eigenvalue weighted by Gasteiger charge is -2.21. The van der Waals surface area contributed by atoms with Crippen LogP contribution in [0.5, 0.6) is 0 Å². The summed E-state index contributed by atoms with van der Waals surface area (Å²) in [5.41, 5.74) is 0.929. The van der Waals surface area contributed by atoms with Crippen molar-refractivity contribution >= 4 is 0 Å². The van der Waals surface area contributed by atoms with Gasteiger partial charge in [-0.2, -0.15) is 0 Å². The van der Waals surface area contributed by atoms with Gasteiger partial charge in [-0.15, -0.1) is 0 Å². The fourth-order valence-electron chi connectivity index (χ4n) is 3.30. The van der Waals surface area contributed by atoms with Gasteiger partial charge in [0.15, 0.2) is 0 Å². The molecule has 3 saturated carbocycles. The smallest absolute Gasteiger partial charge is 0.0229 e. The molecule has 0 aliphatic heterocycles. The summed E-state index contributed by atoms with van der Waals surface area (Å²) in [5, 5.41) is 0. The van der Waals surface area contributed by atoms with E-state index in [9.17, 15) is 0 Å². The van der Waals surface area contributed by atoms with Crippen molar-refractivity contribution in [2.24, 2.45) is 23.2 Å². The Kier molecular flexibility index (Phi) is 0.381. The molecule has 0 aromatic heterocycles. The van der Waals surface area contributed by atoms with E-state index in [-0.39, 0.29) is 0 Å². The van der Waals surface area contributed by atoms with Crippen LogP contribution in [0.4, 0.5) is 0 Å². The molecule has 2 unspecified atom stereocenters. The summed E-state index contributed by atoms with van der Waals surface area (Å²) in [5.74, 6) is 3.65. The molecule has 3 fully saturated rings. The Morgan fingerprint density at radius 1 is 1.25 bits per heavy atom. The van der Waals surface area contributed by atoms with Crippen LogP contribution in [-0.4, -0.2) is 0 Å². The lowest BCUT2D eigenvalue weighted by atomic mass is 9.83. The first-order chi connectivity index (χ1) is 3.85. The van der Waals surface area contributed by atoms with Gasteiger partial charge in [0.05, 0.1) is 0 Å². The molecular formula is C8H12. The normalized spacial score (nSPS) is 73.9. The van der Waals surface area contributed by atoms with Crippen LogP contribution in [-0.2, 0) is 0 Å². The van der Waals surface area contributed by atoms with Crippen molar-refractivity contribution in [2.75, 3.05) is 0 Å². The molecule has 0 N–H and O–H groups in total. The first-order valence-electron chi connectivity index (χ1n) is 3.85. The summed E-state index contributed by atoms with van der Waals surface area (Å²) in [6, 6.07) is 0. The molecule has 3 rings (SSSR count). The number of rotatable bonds is 0. The van der Waals surface area contributed by atoms with Gasteiger partial charge in [-0.25, -0.2) is 0 Å². The topological polar surface area (TPSA) is 0 Å². The standard InChI is InChI=1S/C8H12/c1-8-5-3-2-4-6(8)7(5)8/h5-7H,2-4H2,1H3. The molecule has 0 saturated heterocycles. The van der Waals surface area contributed by atoms with E-state index >= 15 is 0 Å². The van der Waals surface area contributed by atoms with Crippen LogP contribution < -0.4 is 0 Å². The Morgan fingerprint density at radius 3 is 2.00 bits per heavy atom. The predicted octanol–water partition coefficient (Wildman–Crippen LogP) is 2.05. The Labute approximate surface area is 50.3 Å². The SMILES string of the molecule is CC12C3CCCC1C32. The summed E-state index contributed by atoms with van der Waals surface area (Å²) in [4.78, 5) is 0. The van der Waals surface area contributed by atoms with E-state index in [2.05, 4.69) is 6.92 Å². The van der Waals surface area contributed by atoms with E-state index in [0.717, 1.165) is 5.41 Å². The van der Waals surface area contributed by atoms with Crippen LogP contribution in [0.3, 0.4) is 0 Å². The van der Waals surface area contributed by atoms with Crippen LogP contribution in [0.1, 0.15) is 26.2 Å². The van der Waals surface area contributed by atoms with Crippen LogP contribution in [0, 0.1) is 23.2 Å². The van der Waals surface area contributed by atoms with Gasteiger partial charge in [-0.05, 0) is 36.0 Å². The Hall–Kier alpha value is 0. The summed E-state index contributed by atoms with van der Waals surface area (Å²) in [6.45, 7) is 2.49. The van der Waals surface area contributed by atoms with E-state index in [1.165, 1.54) is 17.8 Å². The molecule has 44 valence electrons. The van der Waals surface area contributed by atoms with E-state index in [0.29, 0.717) is 0 Å². The Balaban J connectivity index is 1.97. The molecule has 0 spiro atoms. The van der Waals surface area contributed by atoms with Gasteiger partial charge < -0.3 is 0 Å². The van der Waals surface area contributed by atoms with Crippen molar-refractivity contribution in [1.82, 2.24) is 0 Å². The number of hydrogen-bond donors (Lipinski definition) is 0. The zero-order chi connectivity index (χ0) is 5.35. The van der Waals surface area contributed by atoms with Gasteiger partial charge in [0.1, 0.15) is 0 Å². The van der Waals surface area contributed by atoms with E-state index in [4.69, 9.17) is 0 Å². The van der Waals surface area contributed by atoms with Crippen molar-refractivity contribution in [2.45, 2.75) is 26.2 Å². The zero-order valence-corrected chi connectivity index (χ0v) is 5.35. The second kappa shape index (κ2) is 0.778. The van der Waals surface area contributed by atoms with E-state index < -0.39 is 0 Å². The molecule has 0 aromatic carbocycles. The molecular weight excluding hydrogens is 96.1 g/mol. The minimum absolute atomic E-state index is 0.929. The average Bonchev–Trinajstić information content (AvgIpc) is 2.60. The maximum atomic E-state index is 2.49. The van der Waals surface area contributed by atoms with Gasteiger partial charge in [0.2, 0.25) is 0 Å². The lowest BCUT2D eigenvalue weighted by molar-refractivity contribution is 0.283. The van der Waals surface area contributed by atoms with Crippen molar-refractivity contribution in [3.63, 3.8) is 0 Å². The third kappa shape index (κ3) is 0.191. The van der Waals surface area contributed by atoms with Gasteiger partial charge >= 0.3 is 0 Å². The molecule has 0 bridgehead atoms. The highest BCUT2D eigenvalue weighted by molar-refractivity contribution is 5.30. The highest BCUT2D eigenvalue weighted by Gasteiger charge is 2.83. The quantitative estimate of drug-likeness (QED) is 0.445. The van der Waals surface area contributed by atoms with Crippen molar-refractivity contribution < 1.29 is 0 Å². The summed E-state index contributed by atoms with van der Waals surface area (Å²) in [6.07, 6.45) is 4.68. The zero-order valence-electron chi connectivity index (χ0n) is 5.35. The van der Waals surface area contributed by atoms with Crippen LogP contribution in [0.2, 0.25) is 0 Å². The summed E-state index contributed by atoms with van der Waals surface area (Å²) < 4.78 is 0. The summed E-state index contributed by atoms with van der Waals surface area (Å²) >= 11 is 0. The predicted molar refractivity (Wildman–Crippen MR) is 32.4 cm³/mol. The Bertz CT molecular complexity index is 127. The summed E-state index contributed by atoms with van der Waals surface area (Å²) in [7, 11) is 0. The van der Waals surface area contributed by atoms with Crippen LogP contribution >= 0.6 is 0 Å². The molecule has 0 heteroatoms. The molecule has 3 aliphatic carbocycles. The fraction of sp³-hybridized carbons (Fsp3) is 1.00. The second-order valence-electron chi connectivity index (χ2n) is 4.04. The van der Waals surface area contributed by atoms with Gasteiger partial charge in [-0.1, -0.05) is 13.3 Å². The molecule has 2 atom stereocenters. The van der Waals surface area contributed by atoms with Gasteiger partial charge in [-0.3, -0.25) is 0 Å². The second-order valence-corrected chi connectivity index (χ2v) is 4.04. The first kappa shape index (κ1) is 3.92. The molecule has 8 heavy (non-hydrogen) atoms. The third-order valence-corrected chi connectivity index (χ3v) is 4.00. The molecule has 0 heterocycles. The van der Waals surface area contributed by atoms with Crippen LogP contribution in [0.25, 0.3) is 0 Å². The van der Waals surface area contributed by atoms with Gasteiger partial charge in [0.25, 0.3) is 0 Å². The molecule has 3 aliphatic rings. The van der Waals surface area contributed by atoms with Gasteiger partial charge in [0, 0.05) is 0 Å². The monoisotopic (exact) mass is 108 g/mol. The molecule has 0 radical (unpaired) electrons. The highest BCUT2D eigenvalue weighted by atomic mass is 14.9. The van der Waals surface area contributed by atoms with Crippen molar-refractivity contribution in [1.29, 1.82) is 0 Å². The van der Waals surface area contributed by atoms with E-state index in [1.54, 1.807) is 19.3 Å². The molecule has 0 nitrogen and oxygen atoms in total. The molecule has 0 aromatic rings. The largest absolute Gasteiger partial charge is 0.0588 e. The average molecular weight is 108 g/mol. The fourth-order valence-corrected chi connectivity index (χ4v) is 3.30. The number of hydrogen-bond acceptors (Lipinski definition) is 0. The maximum Gasteiger partial charge on any atom is -0.0229 e. The van der Waals surface area contributed by atoms with E-state index in [1.807, 2.05) is 0 Å². The maximum absolute atomic E-state index is 2.49. The van der Waals surface area contributed by atoms with Crippen molar-refractivity contribution in [3.8, 4) is 0 Å². The minimum Gasteiger partial charge on any atom is -0.0588 e. The number of fused-ring (bicyclic) bond motifs is 2. The third-order valence-electron chi connectivity index (χ3n) is 4.00. The van der Waals surface area contributed by atoms with Crippen molar-refractivity contribution in [3.05, 3.63) is 0 Å². The first-order valence-corrected chi connectivity index (χ1v) is 3.85. The highest BCUT2D eigenvalue weighted by Crippen LogP contribution is 2.88. The lowest BCUT2D eigenvalue weighted by Crippen LogP contribution is -2.12. The Morgan fingerprint density at radius 2 is 1.75 bits per heavy atom.